The molecule has 0 saturated carbocycles. The van der Waals surface area contributed by atoms with Crippen molar-refractivity contribution in [3.63, 3.8) is 0 Å². The largest absolute Gasteiger partial charge is 0.491 e. The number of Topliss-reactive ketones (excluding diaryl/α,β-unsaturated/α-hetero) is 2. The molecule has 8 rings (SSSR count). The van der Waals surface area contributed by atoms with Crippen molar-refractivity contribution in [2.24, 2.45) is 0 Å². The van der Waals surface area contributed by atoms with Gasteiger partial charge < -0.3 is 29.1 Å². The van der Waals surface area contributed by atoms with Crippen LogP contribution in [0.1, 0.15) is 59.5 Å². The van der Waals surface area contributed by atoms with Gasteiger partial charge in [0.1, 0.15) is 49.2 Å². The third kappa shape index (κ3) is 13.6. The molecule has 0 bridgehead atoms. The number of aliphatic hydroxyl groups is 1. The SMILES string of the molecule is CC(=O)CCl.CC(=O)COCCOc1ccc(N2CCC(n3ccc(=O)n(C(=O)c4ccccc4)c3=O)C2=O)cc1.O=C1C(n2ccc(=O)n(C(=O)c3ccccc3)c2=O)CCN1c1ccc(OCCO)cc1. The monoisotopic (exact) mass is 1020 g/mol. The van der Waals surface area contributed by atoms with Crippen molar-refractivity contribution in [1.82, 2.24) is 18.3 Å². The molecule has 4 aromatic carbocycles. The minimum absolute atomic E-state index is 0.0201. The van der Waals surface area contributed by atoms with Crippen LogP contribution in [0.3, 0.4) is 0 Å². The van der Waals surface area contributed by atoms with Crippen LogP contribution in [0.2, 0.25) is 0 Å². The minimum Gasteiger partial charge on any atom is -0.491 e. The molecular formula is C52H51ClN6O14. The second-order valence-corrected chi connectivity index (χ2v) is 16.6. The third-order valence-corrected chi connectivity index (χ3v) is 11.5. The van der Waals surface area contributed by atoms with E-state index in [1.807, 2.05) is 0 Å². The lowest BCUT2D eigenvalue weighted by molar-refractivity contribution is -0.122. The van der Waals surface area contributed by atoms with E-state index in [1.54, 1.807) is 94.7 Å². The maximum atomic E-state index is 13.2. The molecule has 2 atom stereocenters. The van der Waals surface area contributed by atoms with Crippen LogP contribution in [0.5, 0.6) is 11.5 Å². The molecule has 2 saturated heterocycles. The quantitative estimate of drug-likeness (QED) is 0.108. The van der Waals surface area contributed by atoms with Gasteiger partial charge in [0.25, 0.3) is 22.9 Å². The molecule has 0 spiro atoms. The van der Waals surface area contributed by atoms with Gasteiger partial charge in [0.15, 0.2) is 5.78 Å². The van der Waals surface area contributed by atoms with Crippen LogP contribution in [-0.2, 0) is 23.9 Å². The molecule has 0 radical (unpaired) electrons. The van der Waals surface area contributed by atoms with Gasteiger partial charge in [0, 0.05) is 60.1 Å². The first-order valence-electron chi connectivity index (χ1n) is 22.8. The van der Waals surface area contributed by atoms with E-state index in [9.17, 15) is 47.9 Å². The second kappa shape index (κ2) is 25.7. The van der Waals surface area contributed by atoms with E-state index in [-0.39, 0.29) is 73.4 Å². The number of ketones is 2. The first-order chi connectivity index (χ1) is 35.1. The molecule has 20 nitrogen and oxygen atoms in total. The zero-order valence-corrected chi connectivity index (χ0v) is 40.5. The van der Waals surface area contributed by atoms with Gasteiger partial charge >= 0.3 is 11.4 Å². The van der Waals surface area contributed by atoms with E-state index in [1.165, 1.54) is 50.5 Å². The number of aliphatic hydroxyl groups excluding tert-OH is 1. The molecule has 4 heterocycles. The Kier molecular flexibility index (Phi) is 19.0. The third-order valence-electron chi connectivity index (χ3n) is 11.1. The summed E-state index contributed by atoms with van der Waals surface area (Å²) in [5, 5.41) is 8.84. The Labute approximate surface area is 421 Å². The predicted molar refractivity (Wildman–Crippen MR) is 268 cm³/mol. The highest BCUT2D eigenvalue weighted by Crippen LogP contribution is 2.30. The highest BCUT2D eigenvalue weighted by atomic mass is 35.5. The smallest absolute Gasteiger partial charge is 0.338 e. The molecule has 6 aromatic rings. The molecular weight excluding hydrogens is 968 g/mol. The maximum Gasteiger partial charge on any atom is 0.338 e. The number of alkyl halides is 1. The van der Waals surface area contributed by atoms with Gasteiger partial charge in [-0.1, -0.05) is 36.4 Å². The number of halogens is 1. The molecule has 2 amide bonds. The lowest BCUT2D eigenvalue weighted by atomic mass is 10.2. The zero-order chi connectivity index (χ0) is 52.6. The first-order valence-corrected chi connectivity index (χ1v) is 23.4. The lowest BCUT2D eigenvalue weighted by Crippen LogP contribution is -2.45. The number of benzene rings is 4. The van der Waals surface area contributed by atoms with Crippen molar-refractivity contribution < 1.29 is 48.1 Å². The topological polar surface area (TPSA) is 245 Å². The highest BCUT2D eigenvalue weighted by molar-refractivity contribution is 6.27. The lowest BCUT2D eigenvalue weighted by Gasteiger charge is -2.18. The summed E-state index contributed by atoms with van der Waals surface area (Å²) in [5.74, 6) is -0.872. The van der Waals surface area contributed by atoms with Crippen molar-refractivity contribution in [3.05, 3.63) is 187 Å². The fourth-order valence-electron chi connectivity index (χ4n) is 7.65. The number of hydrogen-bond donors (Lipinski definition) is 1. The van der Waals surface area contributed by atoms with Crippen molar-refractivity contribution >= 4 is 58.2 Å². The van der Waals surface area contributed by atoms with E-state index < -0.39 is 46.4 Å². The molecule has 1 N–H and O–H groups in total. The Morgan fingerprint density at radius 1 is 0.548 bits per heavy atom. The maximum absolute atomic E-state index is 13.2. The van der Waals surface area contributed by atoms with Crippen LogP contribution in [0.25, 0.3) is 0 Å². The van der Waals surface area contributed by atoms with Crippen molar-refractivity contribution in [1.29, 1.82) is 0 Å². The number of nitrogens with zero attached hydrogens (tertiary/aromatic N) is 6. The molecule has 380 valence electrons. The number of carbonyl (C=O) groups is 6. The van der Waals surface area contributed by atoms with Crippen LogP contribution in [0.4, 0.5) is 11.4 Å². The Hall–Kier alpha value is -8.33. The number of rotatable bonds is 16. The highest BCUT2D eigenvalue weighted by Gasteiger charge is 2.37. The number of hydrogen-bond acceptors (Lipinski definition) is 14. The van der Waals surface area contributed by atoms with E-state index in [0.29, 0.717) is 57.9 Å². The summed E-state index contributed by atoms with van der Waals surface area (Å²) in [6.07, 6.45) is 3.20. The van der Waals surface area contributed by atoms with Gasteiger partial charge in [0.2, 0.25) is 11.8 Å². The average molecular weight is 1020 g/mol. The molecule has 0 aliphatic carbocycles. The zero-order valence-electron chi connectivity index (χ0n) is 39.7. The molecule has 2 aromatic heterocycles. The van der Waals surface area contributed by atoms with Crippen LogP contribution in [0, 0.1) is 0 Å². The number of anilines is 2. The van der Waals surface area contributed by atoms with E-state index in [0.717, 1.165) is 21.3 Å². The molecule has 2 aliphatic heterocycles. The summed E-state index contributed by atoms with van der Waals surface area (Å²) in [6, 6.07) is 30.3. The fourth-order valence-corrected chi connectivity index (χ4v) is 7.65. The number of amides is 2. The number of carbonyl (C=O) groups excluding carboxylic acids is 6. The Balaban J connectivity index is 0.000000219. The fraction of sp³-hybridized carbons (Fsp3) is 0.269. The number of aromatic nitrogens is 4. The van der Waals surface area contributed by atoms with Crippen LogP contribution >= 0.6 is 11.6 Å². The minimum atomic E-state index is -0.854. The number of ether oxygens (including phenoxy) is 3. The van der Waals surface area contributed by atoms with Gasteiger partial charge in [-0.3, -0.25) is 47.5 Å². The average Bonchev–Trinajstić information content (AvgIpc) is 3.97. The predicted octanol–water partition coefficient (Wildman–Crippen LogP) is 3.52. The van der Waals surface area contributed by atoms with Gasteiger partial charge in [-0.15, -0.1) is 11.6 Å². The standard InChI is InChI=1S/C26H25N3O7.C23H21N3O6.C3H5ClO/c1-18(30)17-35-15-16-36-21-9-7-20(8-10-21)27-13-11-22(25(27)33)28-14-12-23(31)29(26(28)34)24(32)19-5-3-2-4-6-19;27-14-15-32-18-8-6-17(7-9-18)24-12-10-19(22(24)30)25-13-11-20(28)26(23(25)31)21(29)16-4-2-1-3-5-16;1-3(5)2-4/h2-10,12,14,22H,11,13,15-17H2,1H3;1-9,11,13,19,27H,10,12,14-15H2;2H2,1H3. The summed E-state index contributed by atoms with van der Waals surface area (Å²) in [5.41, 5.74) is -1.55. The summed E-state index contributed by atoms with van der Waals surface area (Å²) in [6.45, 7) is 4.30. The molecule has 2 unspecified atom stereocenters. The van der Waals surface area contributed by atoms with E-state index in [4.69, 9.17) is 30.9 Å². The Morgan fingerprint density at radius 3 is 1.32 bits per heavy atom. The molecule has 73 heavy (non-hydrogen) atoms. The van der Waals surface area contributed by atoms with Gasteiger partial charge in [-0.2, -0.15) is 9.13 Å². The second-order valence-electron chi connectivity index (χ2n) is 16.3. The Morgan fingerprint density at radius 2 is 0.945 bits per heavy atom. The van der Waals surface area contributed by atoms with E-state index >= 15 is 0 Å². The molecule has 2 aliphatic rings. The van der Waals surface area contributed by atoms with Gasteiger partial charge in [0.05, 0.1) is 19.1 Å². The van der Waals surface area contributed by atoms with Crippen molar-refractivity contribution in [2.45, 2.75) is 38.8 Å². The van der Waals surface area contributed by atoms with Gasteiger partial charge in [-0.25, -0.2) is 9.59 Å². The Bertz CT molecular complexity index is 3170. The summed E-state index contributed by atoms with van der Waals surface area (Å²) in [7, 11) is 0. The van der Waals surface area contributed by atoms with Crippen molar-refractivity contribution in [2.75, 3.05) is 61.8 Å². The van der Waals surface area contributed by atoms with Gasteiger partial charge in [-0.05, 0) is 99.5 Å². The summed E-state index contributed by atoms with van der Waals surface area (Å²) >= 11 is 4.99. The summed E-state index contributed by atoms with van der Waals surface area (Å²) in [4.78, 5) is 126. The first kappa shape index (κ1) is 54.0. The van der Waals surface area contributed by atoms with Crippen molar-refractivity contribution in [3.8, 4) is 11.5 Å². The van der Waals surface area contributed by atoms with Crippen LogP contribution in [-0.4, -0.2) is 111 Å². The van der Waals surface area contributed by atoms with Crippen LogP contribution in [0.15, 0.2) is 153 Å². The molecule has 21 heteroatoms. The summed E-state index contributed by atoms with van der Waals surface area (Å²) < 4.78 is 19.4. The van der Waals surface area contributed by atoms with Crippen LogP contribution < -0.4 is 41.8 Å². The van der Waals surface area contributed by atoms with E-state index in [2.05, 4.69) is 0 Å². The normalized spacial score (nSPS) is 14.9. The molecule has 2 fully saturated rings.